The minimum absolute atomic E-state index is 0.0241. The average molecular weight is 411 g/mol. The first-order valence-electron chi connectivity index (χ1n) is 10.1. The van der Waals surface area contributed by atoms with Gasteiger partial charge in [0.2, 0.25) is 0 Å². The summed E-state index contributed by atoms with van der Waals surface area (Å²) in [6.45, 7) is 2.49. The molecule has 31 heavy (non-hydrogen) atoms. The van der Waals surface area contributed by atoms with Crippen LogP contribution in [0, 0.1) is 17.1 Å². The molecule has 1 heterocycles. The zero-order chi connectivity index (χ0) is 21.8. The Kier molecular flexibility index (Phi) is 5.76. The zero-order valence-electron chi connectivity index (χ0n) is 17.5. The lowest BCUT2D eigenvalue weighted by Crippen LogP contribution is -2.19. The Balaban J connectivity index is 1.76. The Morgan fingerprint density at radius 2 is 1.77 bits per heavy atom. The molecule has 0 atom stereocenters. The summed E-state index contributed by atoms with van der Waals surface area (Å²) in [5, 5.41) is 13.7. The number of hydrogen-bond acceptors (Lipinski definition) is 4. The summed E-state index contributed by atoms with van der Waals surface area (Å²) in [4.78, 5) is 6.72. The standard InChI is InChI=1S/C25H22FN5/c1-3-18-8-7-11-21(14-18)31(22-13-12-20(16-27)23(26)15-22)17-24-28-25(29-30(24)2)19-9-5-4-6-10-19/h4-15H,3,17H2,1-2H3. The van der Waals surface area contributed by atoms with Gasteiger partial charge < -0.3 is 4.90 Å². The van der Waals surface area contributed by atoms with E-state index in [1.165, 1.54) is 17.7 Å². The van der Waals surface area contributed by atoms with Crippen molar-refractivity contribution in [3.05, 3.63) is 95.6 Å². The molecule has 0 radical (unpaired) electrons. The van der Waals surface area contributed by atoms with Crippen LogP contribution < -0.4 is 4.90 Å². The molecule has 0 amide bonds. The van der Waals surface area contributed by atoms with E-state index < -0.39 is 5.82 Å². The molecule has 154 valence electrons. The number of anilines is 2. The Morgan fingerprint density at radius 1 is 1.00 bits per heavy atom. The molecule has 0 spiro atoms. The number of hydrogen-bond donors (Lipinski definition) is 0. The normalized spacial score (nSPS) is 10.6. The first kappa shape index (κ1) is 20.3. The molecule has 0 aliphatic heterocycles. The summed E-state index contributed by atoms with van der Waals surface area (Å²) in [6, 6.07) is 24.5. The van der Waals surface area contributed by atoms with E-state index in [0.29, 0.717) is 18.1 Å². The van der Waals surface area contributed by atoms with Crippen LogP contribution in [0.15, 0.2) is 72.8 Å². The van der Waals surface area contributed by atoms with Gasteiger partial charge in [-0.15, -0.1) is 0 Å². The van der Waals surface area contributed by atoms with Crippen LogP contribution in [0.4, 0.5) is 15.8 Å². The van der Waals surface area contributed by atoms with Crippen molar-refractivity contribution in [2.24, 2.45) is 7.05 Å². The largest absolute Gasteiger partial charge is 0.334 e. The molecule has 0 aliphatic carbocycles. The second kappa shape index (κ2) is 8.80. The molecular weight excluding hydrogens is 389 g/mol. The van der Waals surface area contributed by atoms with Crippen LogP contribution in [0.1, 0.15) is 23.9 Å². The van der Waals surface area contributed by atoms with Crippen LogP contribution in [0.5, 0.6) is 0 Å². The molecule has 3 aromatic carbocycles. The van der Waals surface area contributed by atoms with Crippen molar-refractivity contribution in [1.82, 2.24) is 14.8 Å². The summed E-state index contributed by atoms with van der Waals surface area (Å²) < 4.78 is 16.2. The van der Waals surface area contributed by atoms with Crippen molar-refractivity contribution in [3.63, 3.8) is 0 Å². The number of rotatable bonds is 6. The first-order chi connectivity index (χ1) is 15.1. The van der Waals surface area contributed by atoms with Crippen molar-refractivity contribution in [1.29, 1.82) is 5.26 Å². The molecule has 6 heteroatoms. The van der Waals surface area contributed by atoms with Crippen LogP contribution in [0.2, 0.25) is 0 Å². The third kappa shape index (κ3) is 4.31. The Bertz CT molecular complexity index is 1240. The zero-order valence-corrected chi connectivity index (χ0v) is 17.5. The van der Waals surface area contributed by atoms with Gasteiger partial charge in [-0.25, -0.2) is 9.37 Å². The Hall–Kier alpha value is -3.98. The minimum Gasteiger partial charge on any atom is -0.334 e. The van der Waals surface area contributed by atoms with Crippen LogP contribution >= 0.6 is 0 Å². The van der Waals surface area contributed by atoms with Crippen LogP contribution in [0.3, 0.4) is 0 Å². The van der Waals surface area contributed by atoms with Gasteiger partial charge in [0.05, 0.1) is 12.1 Å². The topological polar surface area (TPSA) is 57.7 Å². The van der Waals surface area contributed by atoms with E-state index in [1.54, 1.807) is 10.7 Å². The number of aromatic nitrogens is 3. The molecular formula is C25H22FN5. The smallest absolute Gasteiger partial charge is 0.181 e. The third-order valence-electron chi connectivity index (χ3n) is 5.20. The molecule has 0 N–H and O–H groups in total. The van der Waals surface area contributed by atoms with Gasteiger partial charge in [-0.05, 0) is 42.3 Å². The van der Waals surface area contributed by atoms with Crippen molar-refractivity contribution in [2.75, 3.05) is 4.90 Å². The van der Waals surface area contributed by atoms with Crippen LogP contribution in [-0.2, 0) is 20.0 Å². The van der Waals surface area contributed by atoms with E-state index in [9.17, 15) is 4.39 Å². The second-order valence-corrected chi connectivity index (χ2v) is 7.23. The van der Waals surface area contributed by atoms with Gasteiger partial charge in [0.25, 0.3) is 0 Å². The molecule has 0 saturated heterocycles. The summed E-state index contributed by atoms with van der Waals surface area (Å²) >= 11 is 0. The maximum Gasteiger partial charge on any atom is 0.181 e. The van der Waals surface area contributed by atoms with E-state index in [-0.39, 0.29) is 5.56 Å². The van der Waals surface area contributed by atoms with Crippen molar-refractivity contribution < 1.29 is 4.39 Å². The van der Waals surface area contributed by atoms with Gasteiger partial charge in [0.1, 0.15) is 17.7 Å². The highest BCUT2D eigenvalue weighted by molar-refractivity contribution is 5.65. The van der Waals surface area contributed by atoms with E-state index in [0.717, 1.165) is 23.5 Å². The fourth-order valence-corrected chi connectivity index (χ4v) is 3.44. The molecule has 4 aromatic rings. The molecule has 0 aliphatic rings. The Labute approximate surface area is 181 Å². The maximum atomic E-state index is 14.4. The molecule has 5 nitrogen and oxygen atoms in total. The van der Waals surface area contributed by atoms with Crippen molar-refractivity contribution in [2.45, 2.75) is 19.9 Å². The summed E-state index contributed by atoms with van der Waals surface area (Å²) in [6.07, 6.45) is 0.894. The highest BCUT2D eigenvalue weighted by atomic mass is 19.1. The fraction of sp³-hybridized carbons (Fsp3) is 0.160. The number of benzene rings is 3. The quantitative estimate of drug-likeness (QED) is 0.427. The second-order valence-electron chi connectivity index (χ2n) is 7.23. The summed E-state index contributed by atoms with van der Waals surface area (Å²) in [5.74, 6) is 0.844. The Morgan fingerprint density at radius 3 is 2.48 bits per heavy atom. The summed E-state index contributed by atoms with van der Waals surface area (Å²) in [5.41, 5.74) is 3.71. The monoisotopic (exact) mass is 411 g/mol. The van der Waals surface area contributed by atoms with E-state index in [1.807, 2.05) is 60.5 Å². The predicted molar refractivity (Wildman–Crippen MR) is 119 cm³/mol. The first-order valence-corrected chi connectivity index (χ1v) is 10.1. The van der Waals surface area contributed by atoms with Gasteiger partial charge in [-0.3, -0.25) is 4.68 Å². The van der Waals surface area contributed by atoms with Gasteiger partial charge in [0.15, 0.2) is 5.82 Å². The lowest BCUT2D eigenvalue weighted by atomic mass is 10.1. The van der Waals surface area contributed by atoms with E-state index >= 15 is 0 Å². The molecule has 4 rings (SSSR count). The minimum atomic E-state index is -0.542. The number of halogens is 1. The lowest BCUT2D eigenvalue weighted by Gasteiger charge is -2.25. The lowest BCUT2D eigenvalue weighted by molar-refractivity contribution is 0.623. The number of aryl methyl sites for hydroxylation is 2. The molecule has 0 unspecified atom stereocenters. The third-order valence-corrected chi connectivity index (χ3v) is 5.20. The van der Waals surface area contributed by atoms with Crippen LogP contribution in [-0.4, -0.2) is 14.8 Å². The summed E-state index contributed by atoms with van der Waals surface area (Å²) in [7, 11) is 1.86. The molecule has 0 bridgehead atoms. The fourth-order valence-electron chi connectivity index (χ4n) is 3.44. The van der Waals surface area contributed by atoms with E-state index in [2.05, 4.69) is 24.2 Å². The SMILES string of the molecule is CCc1cccc(N(Cc2nc(-c3ccccc3)nn2C)c2ccc(C#N)c(F)c2)c1. The van der Waals surface area contributed by atoms with Gasteiger partial charge in [0, 0.05) is 24.0 Å². The van der Waals surface area contributed by atoms with Crippen molar-refractivity contribution >= 4 is 11.4 Å². The highest BCUT2D eigenvalue weighted by Crippen LogP contribution is 2.30. The number of nitriles is 1. The van der Waals surface area contributed by atoms with Gasteiger partial charge in [-0.1, -0.05) is 49.4 Å². The molecule has 1 aromatic heterocycles. The molecule has 0 saturated carbocycles. The highest BCUT2D eigenvalue weighted by Gasteiger charge is 2.17. The maximum absolute atomic E-state index is 14.4. The van der Waals surface area contributed by atoms with Gasteiger partial charge in [-0.2, -0.15) is 10.4 Å². The van der Waals surface area contributed by atoms with Crippen molar-refractivity contribution in [3.8, 4) is 17.5 Å². The predicted octanol–water partition coefficient (Wildman–Crippen LogP) is 5.39. The number of nitrogens with zero attached hydrogens (tertiary/aromatic N) is 5. The average Bonchev–Trinajstić information content (AvgIpc) is 3.18. The van der Waals surface area contributed by atoms with Crippen LogP contribution in [0.25, 0.3) is 11.4 Å². The molecule has 0 fully saturated rings. The van der Waals surface area contributed by atoms with E-state index in [4.69, 9.17) is 10.2 Å². The van der Waals surface area contributed by atoms with Gasteiger partial charge >= 0.3 is 0 Å².